The lowest BCUT2D eigenvalue weighted by Crippen LogP contribution is -2.51. The van der Waals surface area contributed by atoms with Crippen LogP contribution in [-0.2, 0) is 4.79 Å². The minimum atomic E-state index is 0.0119. The summed E-state index contributed by atoms with van der Waals surface area (Å²) in [5.74, 6) is 1.19. The summed E-state index contributed by atoms with van der Waals surface area (Å²) in [6.07, 6.45) is 3.95. The van der Waals surface area contributed by atoms with Gasteiger partial charge in [0.05, 0.1) is 18.2 Å². The number of amides is 1. The van der Waals surface area contributed by atoms with Crippen LogP contribution >= 0.6 is 0 Å². The van der Waals surface area contributed by atoms with E-state index in [1.807, 2.05) is 0 Å². The van der Waals surface area contributed by atoms with Crippen molar-refractivity contribution in [2.24, 2.45) is 11.8 Å². The van der Waals surface area contributed by atoms with Crippen LogP contribution in [0.4, 0.5) is 0 Å². The molecule has 4 nitrogen and oxygen atoms in total. The summed E-state index contributed by atoms with van der Waals surface area (Å²) in [5.41, 5.74) is 0. The minimum absolute atomic E-state index is 0.0119. The molecule has 0 saturated carbocycles. The molecule has 4 atom stereocenters. The second kappa shape index (κ2) is 5.30. The average molecular weight is 279 g/mol. The smallest absolute Gasteiger partial charge is 0.241 e. The first-order chi connectivity index (χ1) is 9.50. The summed E-state index contributed by atoms with van der Waals surface area (Å²) in [6, 6.07) is 1.07. The predicted molar refractivity (Wildman–Crippen MR) is 80.2 cm³/mol. The summed E-state index contributed by atoms with van der Waals surface area (Å²) in [7, 11) is 0. The zero-order chi connectivity index (χ0) is 14.4. The highest BCUT2D eigenvalue weighted by Gasteiger charge is 2.50. The Hall–Kier alpha value is -0.610. The van der Waals surface area contributed by atoms with Crippen LogP contribution in [0, 0.1) is 11.8 Å². The van der Waals surface area contributed by atoms with Crippen molar-refractivity contribution in [2.45, 2.75) is 71.2 Å². The Bertz CT molecular complexity index is 382. The third-order valence-corrected chi connectivity index (χ3v) is 5.40. The van der Waals surface area contributed by atoms with Crippen LogP contribution in [0.15, 0.2) is 0 Å². The second-order valence-electron chi connectivity index (χ2n) is 7.42. The van der Waals surface area contributed by atoms with E-state index in [1.165, 1.54) is 25.9 Å². The standard InChI is InChI=1S/C16H29N3O/c1-10(2)14-16(20)19(15(17-14)11(3)4)13-7-9-18-8-5-6-12(13)18/h10-15,17H,5-9H2,1-4H3. The van der Waals surface area contributed by atoms with Crippen LogP contribution in [0.25, 0.3) is 0 Å². The first kappa shape index (κ1) is 14.3. The Balaban J connectivity index is 1.83. The van der Waals surface area contributed by atoms with E-state index in [0.717, 1.165) is 6.42 Å². The molecule has 1 N–H and O–H groups in total. The fraction of sp³-hybridized carbons (Fsp3) is 0.938. The number of nitrogens with zero attached hydrogens (tertiary/aromatic N) is 2. The average Bonchev–Trinajstić information content (AvgIpc) is 3.02. The van der Waals surface area contributed by atoms with E-state index in [2.05, 4.69) is 42.8 Å². The Morgan fingerprint density at radius 1 is 1.05 bits per heavy atom. The molecular formula is C16H29N3O. The summed E-state index contributed by atoms with van der Waals surface area (Å²) in [6.45, 7) is 11.1. The van der Waals surface area contributed by atoms with Gasteiger partial charge in [-0.25, -0.2) is 0 Å². The van der Waals surface area contributed by atoms with Gasteiger partial charge in [0.2, 0.25) is 5.91 Å². The lowest BCUT2D eigenvalue weighted by Gasteiger charge is -2.35. The molecule has 0 aromatic heterocycles. The largest absolute Gasteiger partial charge is 0.321 e. The highest BCUT2D eigenvalue weighted by atomic mass is 16.2. The molecule has 0 radical (unpaired) electrons. The Morgan fingerprint density at radius 3 is 2.45 bits per heavy atom. The third-order valence-electron chi connectivity index (χ3n) is 5.40. The first-order valence-electron chi connectivity index (χ1n) is 8.33. The molecule has 3 rings (SSSR count). The molecule has 20 heavy (non-hydrogen) atoms. The molecule has 0 spiro atoms. The normalized spacial score (nSPS) is 38.5. The van der Waals surface area contributed by atoms with Crippen LogP contribution in [0.5, 0.6) is 0 Å². The summed E-state index contributed by atoms with van der Waals surface area (Å²) < 4.78 is 0. The molecule has 3 aliphatic heterocycles. The lowest BCUT2D eigenvalue weighted by molar-refractivity contribution is -0.134. The van der Waals surface area contributed by atoms with E-state index in [-0.39, 0.29) is 12.2 Å². The molecule has 1 amide bonds. The highest BCUT2D eigenvalue weighted by molar-refractivity contribution is 5.85. The third kappa shape index (κ3) is 2.17. The van der Waals surface area contributed by atoms with Crippen molar-refractivity contribution in [1.29, 1.82) is 0 Å². The van der Waals surface area contributed by atoms with Crippen molar-refractivity contribution in [3.8, 4) is 0 Å². The number of hydrogen-bond donors (Lipinski definition) is 1. The number of carbonyl (C=O) groups excluding carboxylic acids is 1. The predicted octanol–water partition coefficient (Wildman–Crippen LogP) is 1.66. The summed E-state index contributed by atoms with van der Waals surface area (Å²) in [4.78, 5) is 17.7. The Morgan fingerprint density at radius 2 is 1.80 bits per heavy atom. The van der Waals surface area contributed by atoms with Crippen molar-refractivity contribution >= 4 is 5.91 Å². The first-order valence-corrected chi connectivity index (χ1v) is 8.33. The Labute approximate surface area is 122 Å². The number of nitrogens with one attached hydrogen (secondary N) is 1. The molecule has 3 saturated heterocycles. The SMILES string of the molecule is CC(C)C1NC(C(C)C)N(C2CCN3CCCC23)C1=O. The van der Waals surface area contributed by atoms with Gasteiger partial charge in [-0.3, -0.25) is 15.0 Å². The molecule has 0 aromatic rings. The monoisotopic (exact) mass is 279 g/mol. The molecule has 3 heterocycles. The van der Waals surface area contributed by atoms with Gasteiger partial charge in [-0.15, -0.1) is 0 Å². The summed E-state index contributed by atoms with van der Waals surface area (Å²) in [5, 5.41) is 3.60. The molecule has 4 heteroatoms. The molecule has 0 bridgehead atoms. The van der Waals surface area contributed by atoms with Gasteiger partial charge in [-0.1, -0.05) is 27.7 Å². The number of hydrogen-bond acceptors (Lipinski definition) is 3. The van der Waals surface area contributed by atoms with Crippen LogP contribution in [0.2, 0.25) is 0 Å². The van der Waals surface area contributed by atoms with Crippen LogP contribution in [0.3, 0.4) is 0 Å². The zero-order valence-corrected chi connectivity index (χ0v) is 13.3. The van der Waals surface area contributed by atoms with Gasteiger partial charge < -0.3 is 4.90 Å². The van der Waals surface area contributed by atoms with Gasteiger partial charge in [0.15, 0.2) is 0 Å². The van der Waals surface area contributed by atoms with Crippen molar-refractivity contribution in [3.05, 3.63) is 0 Å². The maximum Gasteiger partial charge on any atom is 0.241 e. The fourth-order valence-corrected chi connectivity index (χ4v) is 4.37. The van der Waals surface area contributed by atoms with Gasteiger partial charge in [0.1, 0.15) is 0 Å². The molecule has 114 valence electrons. The van der Waals surface area contributed by atoms with E-state index < -0.39 is 0 Å². The molecule has 0 aliphatic carbocycles. The summed E-state index contributed by atoms with van der Waals surface area (Å²) >= 11 is 0. The maximum atomic E-state index is 12.9. The number of carbonyl (C=O) groups is 1. The van der Waals surface area contributed by atoms with Gasteiger partial charge >= 0.3 is 0 Å². The van der Waals surface area contributed by atoms with Crippen molar-refractivity contribution < 1.29 is 4.79 Å². The van der Waals surface area contributed by atoms with E-state index in [4.69, 9.17) is 0 Å². The Kier molecular flexibility index (Phi) is 3.80. The maximum absolute atomic E-state index is 12.9. The topological polar surface area (TPSA) is 35.6 Å². The van der Waals surface area contributed by atoms with Crippen LogP contribution in [0.1, 0.15) is 47.0 Å². The minimum Gasteiger partial charge on any atom is -0.321 e. The van der Waals surface area contributed by atoms with Crippen molar-refractivity contribution in [1.82, 2.24) is 15.1 Å². The molecule has 4 unspecified atom stereocenters. The van der Waals surface area contributed by atoms with Gasteiger partial charge in [0.25, 0.3) is 0 Å². The second-order valence-corrected chi connectivity index (χ2v) is 7.42. The molecule has 0 aromatic carbocycles. The molecule has 3 aliphatic rings. The van der Waals surface area contributed by atoms with Crippen molar-refractivity contribution in [3.63, 3.8) is 0 Å². The van der Waals surface area contributed by atoms with E-state index in [0.29, 0.717) is 29.8 Å². The van der Waals surface area contributed by atoms with Gasteiger partial charge in [-0.2, -0.15) is 0 Å². The van der Waals surface area contributed by atoms with E-state index >= 15 is 0 Å². The van der Waals surface area contributed by atoms with Gasteiger partial charge in [-0.05, 0) is 37.6 Å². The van der Waals surface area contributed by atoms with Gasteiger partial charge in [0, 0.05) is 12.6 Å². The van der Waals surface area contributed by atoms with Crippen molar-refractivity contribution in [2.75, 3.05) is 13.1 Å². The van der Waals surface area contributed by atoms with Crippen LogP contribution < -0.4 is 5.32 Å². The highest BCUT2D eigenvalue weighted by Crippen LogP contribution is 2.35. The van der Waals surface area contributed by atoms with E-state index in [9.17, 15) is 4.79 Å². The quantitative estimate of drug-likeness (QED) is 0.853. The number of fused-ring (bicyclic) bond motifs is 1. The zero-order valence-electron chi connectivity index (χ0n) is 13.3. The van der Waals surface area contributed by atoms with E-state index in [1.54, 1.807) is 0 Å². The molecular weight excluding hydrogens is 250 g/mol. The molecule has 3 fully saturated rings. The fourth-order valence-electron chi connectivity index (χ4n) is 4.37. The van der Waals surface area contributed by atoms with Crippen LogP contribution in [-0.4, -0.2) is 53.1 Å². The number of rotatable bonds is 3. The lowest BCUT2D eigenvalue weighted by atomic mass is 10.0.